The normalized spacial score (nSPS) is 10.8. The van der Waals surface area contributed by atoms with Gasteiger partial charge in [-0.15, -0.1) is 0 Å². The molecule has 1 N–H and O–H groups in total. The second-order valence-electron chi connectivity index (χ2n) is 5.64. The third-order valence-electron chi connectivity index (χ3n) is 3.82. The zero-order valence-electron chi connectivity index (χ0n) is 13.3. The Bertz CT molecular complexity index is 1110. The highest BCUT2D eigenvalue weighted by Gasteiger charge is 2.13. The summed E-state index contributed by atoms with van der Waals surface area (Å²) in [4.78, 5) is 14.7. The molecule has 6 nitrogen and oxygen atoms in total. The van der Waals surface area contributed by atoms with E-state index in [0.717, 1.165) is 16.9 Å². The number of nitrogens with zero attached hydrogens (tertiary/aromatic N) is 2. The first kappa shape index (κ1) is 15.8. The van der Waals surface area contributed by atoms with Crippen molar-refractivity contribution in [2.75, 3.05) is 5.32 Å². The molecular formula is C19H12FN3O3. The van der Waals surface area contributed by atoms with Crippen LogP contribution in [0.5, 0.6) is 0 Å². The largest absolute Gasteiger partial charge is 0.436 e. The van der Waals surface area contributed by atoms with Crippen molar-refractivity contribution in [2.24, 2.45) is 0 Å². The Morgan fingerprint density at radius 1 is 1.00 bits per heavy atom. The van der Waals surface area contributed by atoms with Crippen molar-refractivity contribution >= 4 is 28.2 Å². The summed E-state index contributed by atoms with van der Waals surface area (Å²) >= 11 is 0. The molecule has 0 unspecified atom stereocenters. The predicted molar refractivity (Wildman–Crippen MR) is 95.8 cm³/mol. The van der Waals surface area contributed by atoms with Crippen LogP contribution in [0, 0.1) is 15.9 Å². The summed E-state index contributed by atoms with van der Waals surface area (Å²) in [7, 11) is 0. The van der Waals surface area contributed by atoms with Crippen LogP contribution in [-0.4, -0.2) is 9.91 Å². The lowest BCUT2D eigenvalue weighted by Crippen LogP contribution is -1.90. The minimum Gasteiger partial charge on any atom is -0.436 e. The standard InChI is InChI=1S/C19H12FN3O3/c20-13-4-6-14(7-5-13)21-15-3-1-2-12(10-15)19-22-17-11-16(23(24)25)8-9-18(17)26-19/h1-11,21H. The molecule has 0 amide bonds. The first-order chi connectivity index (χ1) is 12.6. The highest BCUT2D eigenvalue weighted by atomic mass is 19.1. The van der Waals surface area contributed by atoms with Gasteiger partial charge in [-0.05, 0) is 48.5 Å². The van der Waals surface area contributed by atoms with Gasteiger partial charge < -0.3 is 9.73 Å². The molecule has 4 aromatic rings. The fourth-order valence-electron chi connectivity index (χ4n) is 2.58. The van der Waals surface area contributed by atoms with E-state index in [-0.39, 0.29) is 11.5 Å². The number of nitrogens with one attached hydrogen (secondary N) is 1. The average molecular weight is 349 g/mol. The van der Waals surface area contributed by atoms with E-state index in [1.807, 2.05) is 24.3 Å². The zero-order chi connectivity index (χ0) is 18.1. The summed E-state index contributed by atoms with van der Waals surface area (Å²) in [5, 5.41) is 14.0. The fraction of sp³-hybridized carbons (Fsp3) is 0. The van der Waals surface area contributed by atoms with Gasteiger partial charge in [0.1, 0.15) is 11.3 Å². The molecule has 0 spiro atoms. The van der Waals surface area contributed by atoms with Crippen molar-refractivity contribution in [2.45, 2.75) is 0 Å². The van der Waals surface area contributed by atoms with E-state index >= 15 is 0 Å². The Morgan fingerprint density at radius 2 is 1.81 bits per heavy atom. The van der Waals surface area contributed by atoms with Gasteiger partial charge in [0.2, 0.25) is 5.89 Å². The van der Waals surface area contributed by atoms with E-state index in [1.54, 1.807) is 12.1 Å². The zero-order valence-corrected chi connectivity index (χ0v) is 13.3. The molecule has 1 heterocycles. The molecule has 0 aliphatic heterocycles. The van der Waals surface area contributed by atoms with E-state index < -0.39 is 4.92 Å². The minimum atomic E-state index is -0.471. The topological polar surface area (TPSA) is 81.2 Å². The summed E-state index contributed by atoms with van der Waals surface area (Å²) in [6.07, 6.45) is 0. The van der Waals surface area contributed by atoms with Gasteiger partial charge in [0.25, 0.3) is 5.69 Å². The summed E-state index contributed by atoms with van der Waals surface area (Å²) in [5.41, 5.74) is 3.10. The Morgan fingerprint density at radius 3 is 2.58 bits per heavy atom. The summed E-state index contributed by atoms with van der Waals surface area (Å²) in [6.45, 7) is 0. The molecule has 128 valence electrons. The van der Waals surface area contributed by atoms with Crippen molar-refractivity contribution in [1.82, 2.24) is 4.98 Å². The fourth-order valence-corrected chi connectivity index (χ4v) is 2.58. The molecule has 0 radical (unpaired) electrons. The lowest BCUT2D eigenvalue weighted by atomic mass is 10.2. The number of rotatable bonds is 4. The van der Waals surface area contributed by atoms with Gasteiger partial charge in [0.15, 0.2) is 5.58 Å². The molecule has 0 atom stereocenters. The molecule has 26 heavy (non-hydrogen) atoms. The number of hydrogen-bond donors (Lipinski definition) is 1. The number of nitro benzene ring substituents is 1. The molecule has 0 aliphatic carbocycles. The van der Waals surface area contributed by atoms with E-state index in [0.29, 0.717) is 17.0 Å². The number of oxazole rings is 1. The van der Waals surface area contributed by atoms with Crippen LogP contribution in [0.25, 0.3) is 22.6 Å². The minimum absolute atomic E-state index is 0.0379. The monoisotopic (exact) mass is 349 g/mol. The van der Waals surface area contributed by atoms with Crippen LogP contribution in [0.1, 0.15) is 0 Å². The lowest BCUT2D eigenvalue weighted by Gasteiger charge is -2.07. The molecule has 0 fully saturated rings. The van der Waals surface area contributed by atoms with Gasteiger partial charge in [-0.1, -0.05) is 6.07 Å². The van der Waals surface area contributed by atoms with Gasteiger partial charge in [0, 0.05) is 29.1 Å². The Hall–Kier alpha value is -3.74. The maximum Gasteiger partial charge on any atom is 0.271 e. The summed E-state index contributed by atoms with van der Waals surface area (Å²) in [5.74, 6) is 0.0631. The molecule has 0 bridgehead atoms. The molecule has 1 aromatic heterocycles. The number of anilines is 2. The van der Waals surface area contributed by atoms with Crippen LogP contribution in [-0.2, 0) is 0 Å². The van der Waals surface area contributed by atoms with E-state index in [1.165, 1.54) is 30.3 Å². The van der Waals surface area contributed by atoms with Crippen molar-refractivity contribution in [3.8, 4) is 11.5 Å². The van der Waals surface area contributed by atoms with Crippen molar-refractivity contribution < 1.29 is 13.7 Å². The summed E-state index contributed by atoms with van der Waals surface area (Å²) < 4.78 is 18.7. The van der Waals surface area contributed by atoms with Gasteiger partial charge >= 0.3 is 0 Å². The van der Waals surface area contributed by atoms with Crippen molar-refractivity contribution in [3.05, 3.63) is 82.7 Å². The number of hydrogen-bond acceptors (Lipinski definition) is 5. The number of nitro groups is 1. The SMILES string of the molecule is O=[N+]([O-])c1ccc2oc(-c3cccc(Nc4ccc(F)cc4)c3)nc2c1. The Balaban J connectivity index is 1.66. The van der Waals surface area contributed by atoms with Gasteiger partial charge in [-0.3, -0.25) is 10.1 Å². The van der Waals surface area contributed by atoms with Gasteiger partial charge in [-0.25, -0.2) is 9.37 Å². The molecule has 0 saturated heterocycles. The van der Waals surface area contributed by atoms with E-state index in [9.17, 15) is 14.5 Å². The number of aromatic nitrogens is 1. The number of fused-ring (bicyclic) bond motifs is 1. The second kappa shape index (κ2) is 6.29. The third kappa shape index (κ3) is 3.10. The average Bonchev–Trinajstić information content (AvgIpc) is 3.07. The molecule has 0 aliphatic rings. The second-order valence-corrected chi connectivity index (χ2v) is 5.64. The van der Waals surface area contributed by atoms with Crippen LogP contribution in [0.2, 0.25) is 0 Å². The van der Waals surface area contributed by atoms with Gasteiger partial charge in [0.05, 0.1) is 4.92 Å². The summed E-state index contributed by atoms with van der Waals surface area (Å²) in [6, 6.07) is 17.7. The molecule has 3 aromatic carbocycles. The molecular weight excluding hydrogens is 337 g/mol. The first-order valence-corrected chi connectivity index (χ1v) is 7.76. The van der Waals surface area contributed by atoms with Crippen LogP contribution < -0.4 is 5.32 Å². The highest BCUT2D eigenvalue weighted by molar-refractivity contribution is 5.79. The number of halogens is 1. The maximum atomic E-state index is 13.0. The number of benzene rings is 3. The predicted octanol–water partition coefficient (Wildman–Crippen LogP) is 5.29. The van der Waals surface area contributed by atoms with Crippen LogP contribution >= 0.6 is 0 Å². The smallest absolute Gasteiger partial charge is 0.271 e. The Labute approximate surface area is 147 Å². The van der Waals surface area contributed by atoms with Crippen molar-refractivity contribution in [1.29, 1.82) is 0 Å². The van der Waals surface area contributed by atoms with Crippen molar-refractivity contribution in [3.63, 3.8) is 0 Å². The van der Waals surface area contributed by atoms with Crippen LogP contribution in [0.15, 0.2) is 71.1 Å². The highest BCUT2D eigenvalue weighted by Crippen LogP contribution is 2.29. The van der Waals surface area contributed by atoms with Crippen LogP contribution in [0.4, 0.5) is 21.5 Å². The Kier molecular flexibility index (Phi) is 3.81. The maximum absolute atomic E-state index is 13.0. The molecule has 7 heteroatoms. The quantitative estimate of drug-likeness (QED) is 0.400. The first-order valence-electron chi connectivity index (χ1n) is 7.76. The lowest BCUT2D eigenvalue weighted by molar-refractivity contribution is -0.384. The van der Waals surface area contributed by atoms with E-state index in [2.05, 4.69) is 10.3 Å². The number of non-ortho nitro benzene ring substituents is 1. The molecule has 4 rings (SSSR count). The van der Waals surface area contributed by atoms with Gasteiger partial charge in [-0.2, -0.15) is 0 Å². The molecule has 0 saturated carbocycles. The van der Waals surface area contributed by atoms with E-state index in [4.69, 9.17) is 4.42 Å². The third-order valence-corrected chi connectivity index (χ3v) is 3.82. The van der Waals surface area contributed by atoms with Crippen LogP contribution in [0.3, 0.4) is 0 Å².